The molecule has 0 bridgehead atoms. The van der Waals surface area contributed by atoms with E-state index >= 15 is 0 Å². The first-order chi connectivity index (χ1) is 8.76. The molecule has 0 spiro atoms. The normalized spacial score (nSPS) is 17.0. The molecule has 5 nitrogen and oxygen atoms in total. The Kier molecular flexibility index (Phi) is 3.07. The zero-order valence-corrected chi connectivity index (χ0v) is 11.0. The average molecular weight is 266 g/mol. The third kappa shape index (κ3) is 2.41. The highest BCUT2D eigenvalue weighted by Crippen LogP contribution is 2.35. The standard InChI is InChI=1S/C12H16ClN5/c1-2-8(5-7-3-4-7)15-10-9-6-14-18-11(9)17-12(13)16-10/h6-8H,2-5H2,1H3,(H2,14,15,16,17,18). The maximum Gasteiger partial charge on any atom is 0.226 e. The molecule has 96 valence electrons. The van der Waals surface area contributed by atoms with Crippen molar-refractivity contribution in [2.24, 2.45) is 5.92 Å². The number of nitrogens with zero attached hydrogens (tertiary/aromatic N) is 3. The van der Waals surface area contributed by atoms with Gasteiger partial charge >= 0.3 is 0 Å². The summed E-state index contributed by atoms with van der Waals surface area (Å²) >= 11 is 5.92. The van der Waals surface area contributed by atoms with Crippen molar-refractivity contribution in [3.8, 4) is 0 Å². The molecule has 2 N–H and O–H groups in total. The van der Waals surface area contributed by atoms with Crippen LogP contribution >= 0.6 is 11.6 Å². The number of fused-ring (bicyclic) bond motifs is 1. The largest absolute Gasteiger partial charge is 0.367 e. The first kappa shape index (κ1) is 11.7. The summed E-state index contributed by atoms with van der Waals surface area (Å²) in [7, 11) is 0. The van der Waals surface area contributed by atoms with Crippen molar-refractivity contribution in [2.75, 3.05) is 5.32 Å². The summed E-state index contributed by atoms with van der Waals surface area (Å²) in [4.78, 5) is 8.37. The van der Waals surface area contributed by atoms with Crippen LogP contribution in [-0.2, 0) is 0 Å². The molecule has 1 aliphatic rings. The summed E-state index contributed by atoms with van der Waals surface area (Å²) < 4.78 is 0. The van der Waals surface area contributed by atoms with E-state index in [2.05, 4.69) is 32.4 Å². The molecular weight excluding hydrogens is 250 g/mol. The fraction of sp³-hybridized carbons (Fsp3) is 0.583. The van der Waals surface area contributed by atoms with Crippen molar-refractivity contribution >= 4 is 28.5 Å². The van der Waals surface area contributed by atoms with Gasteiger partial charge in [-0.05, 0) is 30.4 Å². The lowest BCUT2D eigenvalue weighted by molar-refractivity contribution is 0.585. The molecule has 0 radical (unpaired) electrons. The van der Waals surface area contributed by atoms with Crippen LogP contribution in [0.5, 0.6) is 0 Å². The monoisotopic (exact) mass is 265 g/mol. The van der Waals surface area contributed by atoms with Gasteiger partial charge in [-0.25, -0.2) is 0 Å². The summed E-state index contributed by atoms with van der Waals surface area (Å²) in [5.41, 5.74) is 0.679. The minimum absolute atomic E-state index is 0.246. The maximum atomic E-state index is 5.92. The zero-order valence-electron chi connectivity index (χ0n) is 10.3. The second-order valence-electron chi connectivity index (χ2n) is 4.90. The van der Waals surface area contributed by atoms with Crippen molar-refractivity contribution in [3.63, 3.8) is 0 Å². The van der Waals surface area contributed by atoms with Gasteiger partial charge in [-0.15, -0.1) is 0 Å². The molecule has 18 heavy (non-hydrogen) atoms. The SMILES string of the molecule is CCC(CC1CC1)Nc1nc(Cl)nc2[nH]ncc12. The molecule has 1 fully saturated rings. The van der Waals surface area contributed by atoms with E-state index in [9.17, 15) is 0 Å². The fourth-order valence-electron chi connectivity index (χ4n) is 2.19. The van der Waals surface area contributed by atoms with Gasteiger partial charge in [0.1, 0.15) is 5.82 Å². The van der Waals surface area contributed by atoms with Crippen LogP contribution in [0.2, 0.25) is 5.28 Å². The predicted molar refractivity (Wildman–Crippen MR) is 71.7 cm³/mol. The molecule has 1 unspecified atom stereocenters. The van der Waals surface area contributed by atoms with E-state index in [0.29, 0.717) is 11.7 Å². The van der Waals surface area contributed by atoms with Gasteiger partial charge in [-0.1, -0.05) is 19.8 Å². The molecule has 1 saturated carbocycles. The summed E-state index contributed by atoms with van der Waals surface area (Å²) in [5.74, 6) is 1.67. The number of hydrogen-bond donors (Lipinski definition) is 2. The van der Waals surface area contributed by atoms with E-state index in [1.807, 2.05) is 0 Å². The summed E-state index contributed by atoms with van der Waals surface area (Å²) in [6.07, 6.45) is 6.75. The summed E-state index contributed by atoms with van der Waals surface area (Å²) in [6.45, 7) is 2.19. The Bertz CT molecular complexity index is 548. The number of H-pyrrole nitrogens is 1. The highest BCUT2D eigenvalue weighted by Gasteiger charge is 2.25. The van der Waals surface area contributed by atoms with Crippen molar-refractivity contribution in [2.45, 2.75) is 38.6 Å². The van der Waals surface area contributed by atoms with Gasteiger partial charge in [0, 0.05) is 6.04 Å². The quantitative estimate of drug-likeness (QED) is 0.816. The highest BCUT2D eigenvalue weighted by molar-refractivity contribution is 6.28. The molecule has 0 aliphatic heterocycles. The van der Waals surface area contributed by atoms with Crippen LogP contribution in [-0.4, -0.2) is 26.2 Å². The summed E-state index contributed by atoms with van der Waals surface area (Å²) in [6, 6.07) is 0.446. The van der Waals surface area contributed by atoms with Gasteiger partial charge in [-0.2, -0.15) is 15.1 Å². The van der Waals surface area contributed by atoms with Crippen molar-refractivity contribution in [1.82, 2.24) is 20.2 Å². The smallest absolute Gasteiger partial charge is 0.226 e. The van der Waals surface area contributed by atoms with Crippen LogP contribution in [0.4, 0.5) is 5.82 Å². The van der Waals surface area contributed by atoms with E-state index in [1.54, 1.807) is 6.20 Å². The first-order valence-corrected chi connectivity index (χ1v) is 6.77. The number of rotatable bonds is 5. The number of halogens is 1. The third-order valence-electron chi connectivity index (χ3n) is 3.43. The molecule has 6 heteroatoms. The van der Waals surface area contributed by atoms with Crippen LogP contribution in [0, 0.1) is 5.92 Å². The second-order valence-corrected chi connectivity index (χ2v) is 5.24. The lowest BCUT2D eigenvalue weighted by Gasteiger charge is -2.17. The molecule has 1 atom stereocenters. The van der Waals surface area contributed by atoms with E-state index < -0.39 is 0 Å². The highest BCUT2D eigenvalue weighted by atomic mass is 35.5. The number of aromatic amines is 1. The summed E-state index contributed by atoms with van der Waals surface area (Å²) in [5, 5.41) is 11.4. The molecule has 0 aromatic carbocycles. The molecule has 1 aliphatic carbocycles. The van der Waals surface area contributed by atoms with Crippen LogP contribution in [0.1, 0.15) is 32.6 Å². The Balaban J connectivity index is 1.85. The van der Waals surface area contributed by atoms with Gasteiger partial charge < -0.3 is 5.32 Å². The lowest BCUT2D eigenvalue weighted by Crippen LogP contribution is -2.20. The molecule has 3 rings (SSSR count). The van der Waals surface area contributed by atoms with Crippen LogP contribution in [0.25, 0.3) is 11.0 Å². The maximum absolute atomic E-state index is 5.92. The number of anilines is 1. The van der Waals surface area contributed by atoms with Gasteiger partial charge in [0.15, 0.2) is 5.65 Å². The fourth-order valence-corrected chi connectivity index (χ4v) is 2.36. The van der Waals surface area contributed by atoms with Gasteiger partial charge in [0.05, 0.1) is 11.6 Å². The topological polar surface area (TPSA) is 66.5 Å². The first-order valence-electron chi connectivity index (χ1n) is 6.39. The Labute approximate surface area is 110 Å². The molecular formula is C12H16ClN5. The van der Waals surface area contributed by atoms with Crippen LogP contribution in [0.15, 0.2) is 6.20 Å². The van der Waals surface area contributed by atoms with Crippen LogP contribution < -0.4 is 5.32 Å². The minimum atomic E-state index is 0.246. The third-order valence-corrected chi connectivity index (χ3v) is 3.60. The predicted octanol–water partition coefficient (Wildman–Crippen LogP) is 3.00. The minimum Gasteiger partial charge on any atom is -0.367 e. The molecule has 2 aromatic heterocycles. The second kappa shape index (κ2) is 4.72. The molecule has 0 saturated heterocycles. The van der Waals surface area contributed by atoms with Gasteiger partial charge in [-0.3, -0.25) is 5.10 Å². The Morgan fingerprint density at radius 1 is 1.50 bits per heavy atom. The number of aromatic nitrogens is 4. The van der Waals surface area contributed by atoms with E-state index in [1.165, 1.54) is 19.3 Å². The van der Waals surface area contributed by atoms with Crippen molar-refractivity contribution in [1.29, 1.82) is 0 Å². The Hall–Kier alpha value is -1.36. The Morgan fingerprint density at radius 3 is 3.06 bits per heavy atom. The molecule has 0 amide bonds. The van der Waals surface area contributed by atoms with Gasteiger partial charge in [0.25, 0.3) is 0 Å². The van der Waals surface area contributed by atoms with Crippen molar-refractivity contribution in [3.05, 3.63) is 11.5 Å². The molecule has 2 aromatic rings. The number of hydrogen-bond acceptors (Lipinski definition) is 4. The van der Waals surface area contributed by atoms with E-state index in [-0.39, 0.29) is 5.28 Å². The lowest BCUT2D eigenvalue weighted by atomic mass is 10.1. The van der Waals surface area contributed by atoms with E-state index in [4.69, 9.17) is 11.6 Å². The van der Waals surface area contributed by atoms with E-state index in [0.717, 1.165) is 23.5 Å². The zero-order chi connectivity index (χ0) is 12.5. The molecule has 2 heterocycles. The van der Waals surface area contributed by atoms with Gasteiger partial charge in [0.2, 0.25) is 5.28 Å². The van der Waals surface area contributed by atoms with Crippen molar-refractivity contribution < 1.29 is 0 Å². The average Bonchev–Trinajstić information content (AvgIpc) is 3.03. The number of nitrogens with one attached hydrogen (secondary N) is 2. The Morgan fingerprint density at radius 2 is 2.33 bits per heavy atom. The van der Waals surface area contributed by atoms with Crippen LogP contribution in [0.3, 0.4) is 0 Å².